The Morgan fingerprint density at radius 2 is 2.05 bits per heavy atom. The van der Waals surface area contributed by atoms with Crippen LogP contribution >= 0.6 is 7.60 Å². The van der Waals surface area contributed by atoms with Crippen molar-refractivity contribution in [3.8, 4) is 0 Å². The SMILES string of the molecule is CN1C(=O)C(P(=O)(O)OCOC(=O)C(C)(C)C)CC1O. The Morgan fingerprint density at radius 1 is 1.50 bits per heavy atom. The second kappa shape index (κ2) is 5.81. The molecule has 1 fully saturated rings. The van der Waals surface area contributed by atoms with Crippen LogP contribution in [0.1, 0.15) is 27.2 Å². The topological polar surface area (TPSA) is 113 Å². The molecule has 116 valence electrons. The van der Waals surface area contributed by atoms with E-state index in [9.17, 15) is 24.2 Å². The number of aliphatic hydroxyl groups is 1. The summed E-state index contributed by atoms with van der Waals surface area (Å²) in [6.07, 6.45) is -1.32. The van der Waals surface area contributed by atoms with E-state index in [1.807, 2.05) is 0 Å². The Balaban J connectivity index is 2.57. The van der Waals surface area contributed by atoms with Gasteiger partial charge in [-0.2, -0.15) is 0 Å². The molecular formula is C11H20NO7P. The molecule has 1 rings (SSSR count). The highest BCUT2D eigenvalue weighted by Gasteiger charge is 2.48. The first-order valence-electron chi connectivity index (χ1n) is 6.06. The molecule has 0 aromatic carbocycles. The van der Waals surface area contributed by atoms with E-state index in [-0.39, 0.29) is 6.42 Å². The Labute approximate surface area is 117 Å². The molecule has 9 heteroatoms. The summed E-state index contributed by atoms with van der Waals surface area (Å²) in [5.74, 6) is -1.27. The molecular weight excluding hydrogens is 289 g/mol. The zero-order valence-corrected chi connectivity index (χ0v) is 12.8. The molecule has 0 bridgehead atoms. The number of esters is 1. The number of aliphatic hydroxyl groups excluding tert-OH is 1. The molecule has 0 aromatic heterocycles. The average molecular weight is 309 g/mol. The van der Waals surface area contributed by atoms with Crippen LogP contribution < -0.4 is 0 Å². The number of amides is 1. The van der Waals surface area contributed by atoms with Crippen molar-refractivity contribution in [3.05, 3.63) is 0 Å². The van der Waals surface area contributed by atoms with Gasteiger partial charge in [-0.3, -0.25) is 18.7 Å². The quantitative estimate of drug-likeness (QED) is 0.435. The lowest BCUT2D eigenvalue weighted by molar-refractivity contribution is -0.159. The van der Waals surface area contributed by atoms with Crippen molar-refractivity contribution >= 4 is 19.5 Å². The van der Waals surface area contributed by atoms with Gasteiger partial charge in [0, 0.05) is 13.5 Å². The standard InChI is InChI=1S/C11H20NO7P/c1-11(2,3)10(15)18-6-19-20(16,17)7-5-8(13)12(4)9(7)14/h7-8,13H,5-6H2,1-4H3,(H,16,17). The molecule has 20 heavy (non-hydrogen) atoms. The summed E-state index contributed by atoms with van der Waals surface area (Å²) in [5.41, 5.74) is -2.10. The predicted molar refractivity (Wildman–Crippen MR) is 68.5 cm³/mol. The fraction of sp³-hybridized carbons (Fsp3) is 0.818. The predicted octanol–water partition coefficient (Wildman–Crippen LogP) is 0.284. The third-order valence-corrected chi connectivity index (χ3v) is 4.64. The fourth-order valence-corrected chi connectivity index (χ4v) is 2.88. The molecule has 1 saturated heterocycles. The van der Waals surface area contributed by atoms with E-state index < -0.39 is 43.6 Å². The van der Waals surface area contributed by atoms with Crippen LogP contribution in [-0.2, 0) is 23.4 Å². The van der Waals surface area contributed by atoms with E-state index in [1.54, 1.807) is 20.8 Å². The van der Waals surface area contributed by atoms with E-state index in [2.05, 4.69) is 4.52 Å². The number of nitrogens with zero attached hydrogens (tertiary/aromatic N) is 1. The number of carbonyl (C=O) groups excluding carboxylic acids is 2. The molecule has 1 amide bonds. The van der Waals surface area contributed by atoms with Gasteiger partial charge in [-0.15, -0.1) is 0 Å². The number of ether oxygens (including phenoxy) is 1. The van der Waals surface area contributed by atoms with Gasteiger partial charge in [-0.1, -0.05) is 0 Å². The normalized spacial score (nSPS) is 26.5. The summed E-state index contributed by atoms with van der Waals surface area (Å²) in [6.45, 7) is 4.16. The number of rotatable bonds is 4. The molecule has 0 spiro atoms. The van der Waals surface area contributed by atoms with Crippen molar-refractivity contribution in [2.45, 2.75) is 39.1 Å². The van der Waals surface area contributed by atoms with Gasteiger partial charge >= 0.3 is 13.6 Å². The minimum atomic E-state index is -4.31. The smallest absolute Gasteiger partial charge is 0.343 e. The number of hydrogen-bond donors (Lipinski definition) is 2. The zero-order valence-electron chi connectivity index (χ0n) is 11.9. The third kappa shape index (κ3) is 3.79. The molecule has 0 radical (unpaired) electrons. The van der Waals surface area contributed by atoms with Crippen LogP contribution in [0.25, 0.3) is 0 Å². The lowest BCUT2D eigenvalue weighted by Crippen LogP contribution is -2.30. The first-order valence-corrected chi connectivity index (χ1v) is 7.70. The fourth-order valence-electron chi connectivity index (χ4n) is 1.58. The first-order chi connectivity index (χ1) is 8.97. The van der Waals surface area contributed by atoms with Crippen molar-refractivity contribution in [2.75, 3.05) is 13.8 Å². The van der Waals surface area contributed by atoms with E-state index in [4.69, 9.17) is 4.74 Å². The van der Waals surface area contributed by atoms with Crippen LogP contribution in [0.15, 0.2) is 0 Å². The molecule has 2 N–H and O–H groups in total. The van der Waals surface area contributed by atoms with E-state index >= 15 is 0 Å². The van der Waals surface area contributed by atoms with Crippen molar-refractivity contribution in [2.24, 2.45) is 5.41 Å². The van der Waals surface area contributed by atoms with Crippen LogP contribution in [-0.4, -0.2) is 52.5 Å². The Bertz CT molecular complexity index is 445. The van der Waals surface area contributed by atoms with Crippen molar-refractivity contribution in [1.29, 1.82) is 0 Å². The second-order valence-corrected chi connectivity index (χ2v) is 7.68. The van der Waals surface area contributed by atoms with E-state index in [0.717, 1.165) is 4.90 Å². The van der Waals surface area contributed by atoms with Gasteiger partial charge in [-0.05, 0) is 20.8 Å². The van der Waals surface area contributed by atoms with Crippen LogP contribution in [0.4, 0.5) is 0 Å². The number of likely N-dealkylation sites (tertiary alicyclic amines) is 1. The summed E-state index contributed by atoms with van der Waals surface area (Å²) in [5, 5.41) is 9.45. The molecule has 1 aliphatic heterocycles. The highest BCUT2D eigenvalue weighted by Crippen LogP contribution is 2.52. The monoisotopic (exact) mass is 309 g/mol. The van der Waals surface area contributed by atoms with Crippen LogP contribution in [0, 0.1) is 5.41 Å². The minimum Gasteiger partial charge on any atom is -0.438 e. The molecule has 8 nitrogen and oxygen atoms in total. The van der Waals surface area contributed by atoms with Gasteiger partial charge in [0.1, 0.15) is 11.9 Å². The third-order valence-electron chi connectivity index (χ3n) is 2.95. The number of hydrogen-bond acceptors (Lipinski definition) is 6. The van der Waals surface area contributed by atoms with E-state index in [1.165, 1.54) is 7.05 Å². The molecule has 1 heterocycles. The average Bonchev–Trinajstić information content (AvgIpc) is 2.56. The van der Waals surface area contributed by atoms with Gasteiger partial charge < -0.3 is 19.6 Å². The van der Waals surface area contributed by atoms with Gasteiger partial charge in [0.05, 0.1) is 5.41 Å². The highest BCUT2D eigenvalue weighted by atomic mass is 31.2. The maximum absolute atomic E-state index is 11.9. The lowest BCUT2D eigenvalue weighted by atomic mass is 9.98. The maximum atomic E-state index is 11.9. The van der Waals surface area contributed by atoms with Crippen molar-refractivity contribution in [3.63, 3.8) is 0 Å². The highest BCUT2D eigenvalue weighted by molar-refractivity contribution is 7.54. The lowest BCUT2D eigenvalue weighted by Gasteiger charge is -2.19. The van der Waals surface area contributed by atoms with Gasteiger partial charge in [-0.25, -0.2) is 0 Å². The van der Waals surface area contributed by atoms with Crippen molar-refractivity contribution < 1.29 is 33.4 Å². The Kier molecular flexibility index (Phi) is 4.97. The van der Waals surface area contributed by atoms with Crippen LogP contribution in [0.5, 0.6) is 0 Å². The Hall–Kier alpha value is -0.950. The van der Waals surface area contributed by atoms with Crippen LogP contribution in [0.2, 0.25) is 0 Å². The molecule has 0 aliphatic carbocycles. The molecule has 3 atom stereocenters. The molecule has 0 saturated carbocycles. The number of carbonyl (C=O) groups is 2. The minimum absolute atomic E-state index is 0.198. The van der Waals surface area contributed by atoms with Gasteiger partial charge in [0.15, 0.2) is 0 Å². The molecule has 1 aliphatic rings. The van der Waals surface area contributed by atoms with Crippen LogP contribution in [0.3, 0.4) is 0 Å². The summed E-state index contributed by atoms with van der Waals surface area (Å²) in [4.78, 5) is 33.8. The molecule has 0 aromatic rings. The van der Waals surface area contributed by atoms with Gasteiger partial charge in [0.2, 0.25) is 12.7 Å². The van der Waals surface area contributed by atoms with Gasteiger partial charge in [0.25, 0.3) is 0 Å². The summed E-state index contributed by atoms with van der Waals surface area (Å²) < 4.78 is 21.3. The van der Waals surface area contributed by atoms with E-state index in [0.29, 0.717) is 0 Å². The zero-order chi connectivity index (χ0) is 15.7. The maximum Gasteiger partial charge on any atom is 0.343 e. The second-order valence-electron chi connectivity index (χ2n) is 5.67. The molecule has 3 unspecified atom stereocenters. The Morgan fingerprint density at radius 3 is 2.45 bits per heavy atom. The largest absolute Gasteiger partial charge is 0.438 e. The summed E-state index contributed by atoms with van der Waals surface area (Å²) in [7, 11) is -2.98. The first kappa shape index (κ1) is 17.1. The van der Waals surface area contributed by atoms with Crippen molar-refractivity contribution in [1.82, 2.24) is 4.90 Å². The summed E-state index contributed by atoms with van der Waals surface area (Å²) >= 11 is 0. The summed E-state index contributed by atoms with van der Waals surface area (Å²) in [6, 6.07) is 0.